The molecule has 0 saturated carbocycles. The van der Waals surface area contributed by atoms with Gasteiger partial charge in [-0.15, -0.1) is 23.5 Å². The largest absolute Gasteiger partial charge is 0.462 e. The lowest BCUT2D eigenvalue weighted by atomic mass is 10.0. The van der Waals surface area contributed by atoms with Crippen LogP contribution >= 0.6 is 23.5 Å². The van der Waals surface area contributed by atoms with Gasteiger partial charge in [-0.1, -0.05) is 13.8 Å². The van der Waals surface area contributed by atoms with E-state index in [1.54, 1.807) is 0 Å². The second kappa shape index (κ2) is 15.8. The van der Waals surface area contributed by atoms with Gasteiger partial charge in [-0.2, -0.15) is 0 Å². The summed E-state index contributed by atoms with van der Waals surface area (Å²) >= 11 is 2.89. The Balaban J connectivity index is 6.51. The average molecular weight is 497 g/mol. The van der Waals surface area contributed by atoms with Crippen LogP contribution in [-0.4, -0.2) is 77.0 Å². The molecule has 0 aliphatic carbocycles. The van der Waals surface area contributed by atoms with Gasteiger partial charge < -0.3 is 23.7 Å². The van der Waals surface area contributed by atoms with Crippen LogP contribution in [0.15, 0.2) is 0 Å². The zero-order chi connectivity index (χ0) is 24.8. The summed E-state index contributed by atoms with van der Waals surface area (Å²) in [6, 6.07) is 0. The Morgan fingerprint density at radius 1 is 0.594 bits per heavy atom. The van der Waals surface area contributed by atoms with Crippen molar-refractivity contribution in [2.75, 3.05) is 18.1 Å². The Kier molecular flexibility index (Phi) is 14.8. The summed E-state index contributed by atoms with van der Waals surface area (Å²) in [5.74, 6) is -2.24. The van der Waals surface area contributed by atoms with Gasteiger partial charge in [-0.25, -0.2) is 0 Å². The smallest absolute Gasteiger partial charge is 0.303 e. The molecule has 0 spiro atoms. The first-order valence-electron chi connectivity index (χ1n) is 9.98. The van der Waals surface area contributed by atoms with Crippen molar-refractivity contribution in [1.82, 2.24) is 0 Å². The Morgan fingerprint density at radius 2 is 1.00 bits per heavy atom. The first kappa shape index (κ1) is 30.0. The van der Waals surface area contributed by atoms with Crippen molar-refractivity contribution >= 4 is 53.4 Å². The minimum Gasteiger partial charge on any atom is -0.462 e. The number of hydrogen-bond donors (Lipinski definition) is 0. The maximum Gasteiger partial charge on any atom is 0.303 e. The molecule has 0 saturated heterocycles. The highest BCUT2D eigenvalue weighted by Gasteiger charge is 2.46. The summed E-state index contributed by atoms with van der Waals surface area (Å²) in [6.07, 6.45) is -5.14. The topological polar surface area (TPSA) is 132 Å². The second-order valence-electron chi connectivity index (χ2n) is 6.45. The van der Waals surface area contributed by atoms with Crippen molar-refractivity contribution in [2.45, 2.75) is 77.5 Å². The van der Waals surface area contributed by atoms with E-state index in [2.05, 4.69) is 0 Å². The van der Waals surface area contributed by atoms with Crippen molar-refractivity contribution < 1.29 is 47.7 Å². The van der Waals surface area contributed by atoms with Crippen LogP contribution in [0.25, 0.3) is 0 Å². The minimum atomic E-state index is -1.42. The molecule has 0 bridgehead atoms. The first-order valence-corrected chi connectivity index (χ1v) is 12.1. The highest BCUT2D eigenvalue weighted by Crippen LogP contribution is 2.33. The lowest BCUT2D eigenvalue weighted by Gasteiger charge is -2.37. The van der Waals surface area contributed by atoms with Crippen molar-refractivity contribution in [1.29, 1.82) is 0 Å². The number of ether oxygens (including phenoxy) is 5. The molecular weight excluding hydrogens is 464 g/mol. The van der Waals surface area contributed by atoms with Gasteiger partial charge in [0.05, 0.1) is 4.58 Å². The molecule has 184 valence electrons. The highest BCUT2D eigenvalue weighted by molar-refractivity contribution is 8.17. The summed E-state index contributed by atoms with van der Waals surface area (Å²) in [5, 5.41) is 0. The van der Waals surface area contributed by atoms with Crippen molar-refractivity contribution in [3.8, 4) is 0 Å². The van der Waals surface area contributed by atoms with E-state index in [0.29, 0.717) is 11.5 Å². The molecule has 0 aliphatic heterocycles. The Morgan fingerprint density at radius 3 is 1.38 bits per heavy atom. The van der Waals surface area contributed by atoms with Crippen LogP contribution in [0.2, 0.25) is 0 Å². The third-order valence-electron chi connectivity index (χ3n) is 3.62. The van der Waals surface area contributed by atoms with Gasteiger partial charge in [0.25, 0.3) is 0 Å². The SMILES string of the molecule is CCSC(SCC)[C@@H](OC(C)=O)[C@H](OC(C)=O)[C@@H](OC(C)=O)[C@H](COC(C)=O)OC(C)=O. The molecule has 0 amide bonds. The van der Waals surface area contributed by atoms with E-state index < -0.39 is 65.5 Å². The van der Waals surface area contributed by atoms with Gasteiger partial charge in [-0.3, -0.25) is 24.0 Å². The van der Waals surface area contributed by atoms with Crippen molar-refractivity contribution in [3.05, 3.63) is 0 Å². The quantitative estimate of drug-likeness (QED) is 0.198. The Bertz CT molecular complexity index is 648. The molecule has 32 heavy (non-hydrogen) atoms. The normalized spacial score (nSPS) is 14.5. The summed E-state index contributed by atoms with van der Waals surface area (Å²) in [4.78, 5) is 58.9. The van der Waals surface area contributed by atoms with Gasteiger partial charge in [0.1, 0.15) is 6.61 Å². The Labute approximate surface area is 196 Å². The van der Waals surface area contributed by atoms with Crippen LogP contribution in [-0.2, 0) is 47.7 Å². The fraction of sp³-hybridized carbons (Fsp3) is 0.750. The molecule has 0 aromatic rings. The molecule has 0 unspecified atom stereocenters. The summed E-state index contributed by atoms with van der Waals surface area (Å²) < 4.78 is 26.2. The van der Waals surface area contributed by atoms with Gasteiger partial charge >= 0.3 is 29.8 Å². The molecule has 0 N–H and O–H groups in total. The molecule has 10 nitrogen and oxygen atoms in total. The number of esters is 5. The van der Waals surface area contributed by atoms with Crippen LogP contribution in [0, 0.1) is 0 Å². The van der Waals surface area contributed by atoms with Crippen LogP contribution < -0.4 is 0 Å². The fourth-order valence-corrected chi connectivity index (χ4v) is 5.36. The molecule has 0 heterocycles. The van der Waals surface area contributed by atoms with Crippen LogP contribution in [0.1, 0.15) is 48.5 Å². The summed E-state index contributed by atoms with van der Waals surface area (Å²) in [5.41, 5.74) is 0. The predicted octanol–water partition coefficient (Wildman–Crippen LogP) is 2.11. The van der Waals surface area contributed by atoms with E-state index in [4.69, 9.17) is 23.7 Å². The first-order chi connectivity index (χ1) is 14.9. The zero-order valence-electron chi connectivity index (χ0n) is 19.4. The van der Waals surface area contributed by atoms with Crippen molar-refractivity contribution in [3.63, 3.8) is 0 Å². The predicted molar refractivity (Wildman–Crippen MR) is 119 cm³/mol. The molecule has 12 heteroatoms. The second-order valence-corrected chi connectivity index (χ2v) is 9.59. The standard InChI is InChI=1S/C20H32O10S2/c1-8-31-20(32-9-2)19(30-15(7)25)18(29-14(6)24)17(28-13(5)23)16(27-12(4)22)10-26-11(3)21/h16-20H,8-10H2,1-7H3/t16-,17-,18+,19-/m0/s1. The monoisotopic (exact) mass is 496 g/mol. The molecular formula is C20H32O10S2. The lowest BCUT2D eigenvalue weighted by molar-refractivity contribution is -0.201. The van der Waals surface area contributed by atoms with Gasteiger partial charge in [-0.05, 0) is 11.5 Å². The van der Waals surface area contributed by atoms with Crippen LogP contribution in [0.3, 0.4) is 0 Å². The highest BCUT2D eigenvalue weighted by atomic mass is 32.2. The number of rotatable bonds is 14. The van der Waals surface area contributed by atoms with Crippen LogP contribution in [0.4, 0.5) is 0 Å². The number of hydrogen-bond acceptors (Lipinski definition) is 12. The third-order valence-corrected chi connectivity index (χ3v) is 6.30. The van der Waals surface area contributed by atoms with E-state index in [1.165, 1.54) is 30.4 Å². The maximum atomic E-state index is 12.0. The zero-order valence-corrected chi connectivity index (χ0v) is 21.0. The molecule has 0 aromatic heterocycles. The summed E-state index contributed by atoms with van der Waals surface area (Å²) in [7, 11) is 0. The molecule has 0 fully saturated rings. The van der Waals surface area contributed by atoms with Gasteiger partial charge in [0, 0.05) is 34.6 Å². The molecule has 0 aromatic carbocycles. The van der Waals surface area contributed by atoms with Crippen LogP contribution in [0.5, 0.6) is 0 Å². The number of thioether (sulfide) groups is 2. The maximum absolute atomic E-state index is 12.0. The van der Waals surface area contributed by atoms with E-state index >= 15 is 0 Å². The van der Waals surface area contributed by atoms with Gasteiger partial charge in [0.2, 0.25) is 0 Å². The molecule has 0 radical (unpaired) electrons. The summed E-state index contributed by atoms with van der Waals surface area (Å²) in [6.45, 7) is 9.09. The van der Waals surface area contributed by atoms with Crippen molar-refractivity contribution in [2.24, 2.45) is 0 Å². The number of carbonyl (C=O) groups is 5. The Hall–Kier alpha value is -1.95. The molecule has 4 atom stereocenters. The lowest BCUT2D eigenvalue weighted by Crippen LogP contribution is -2.55. The van der Waals surface area contributed by atoms with E-state index in [1.807, 2.05) is 13.8 Å². The molecule has 0 rings (SSSR count). The average Bonchev–Trinajstić information content (AvgIpc) is 2.65. The fourth-order valence-electron chi connectivity index (χ4n) is 2.70. The number of carbonyl (C=O) groups excluding carboxylic acids is 5. The van der Waals surface area contributed by atoms with E-state index in [0.717, 1.165) is 27.7 Å². The molecule has 0 aliphatic rings. The van der Waals surface area contributed by atoms with Gasteiger partial charge in [0.15, 0.2) is 24.4 Å². The van der Waals surface area contributed by atoms with E-state index in [-0.39, 0.29) is 0 Å². The van der Waals surface area contributed by atoms with E-state index in [9.17, 15) is 24.0 Å². The third kappa shape index (κ3) is 12.2. The minimum absolute atomic E-state index is 0.400.